The Labute approximate surface area is 155 Å². The Morgan fingerprint density at radius 2 is 1.73 bits per heavy atom. The van der Waals surface area contributed by atoms with Crippen molar-refractivity contribution in [2.75, 3.05) is 13.1 Å². The van der Waals surface area contributed by atoms with E-state index in [0.29, 0.717) is 31.8 Å². The monoisotopic (exact) mass is 380 g/mol. The fraction of sp³-hybridized carbons (Fsp3) is 0.632. The summed E-state index contributed by atoms with van der Waals surface area (Å²) in [6.45, 7) is 0.889. The van der Waals surface area contributed by atoms with Gasteiger partial charge in [0, 0.05) is 13.1 Å². The molecule has 144 valence electrons. The van der Waals surface area contributed by atoms with Gasteiger partial charge < -0.3 is 0 Å². The second kappa shape index (κ2) is 8.06. The molecule has 1 aromatic rings. The molecule has 2 N–H and O–H groups in total. The second-order valence-electron chi connectivity index (χ2n) is 7.53. The SMILES string of the molecule is O=C(NO)C1(S(=O)(=O)N2CCC(Cc3ccccc3)CC2)CCCCC1. The molecule has 1 saturated heterocycles. The van der Waals surface area contributed by atoms with Gasteiger partial charge in [-0.1, -0.05) is 49.6 Å². The Balaban J connectivity index is 1.69. The van der Waals surface area contributed by atoms with Gasteiger partial charge >= 0.3 is 0 Å². The van der Waals surface area contributed by atoms with Gasteiger partial charge in [0.05, 0.1) is 0 Å². The zero-order chi connectivity index (χ0) is 18.6. The Bertz CT molecular complexity index is 706. The van der Waals surface area contributed by atoms with Crippen LogP contribution >= 0.6 is 0 Å². The number of amides is 1. The van der Waals surface area contributed by atoms with Gasteiger partial charge in [-0.15, -0.1) is 0 Å². The van der Waals surface area contributed by atoms with E-state index in [2.05, 4.69) is 12.1 Å². The lowest BCUT2D eigenvalue weighted by molar-refractivity contribution is -0.133. The summed E-state index contributed by atoms with van der Waals surface area (Å²) in [5.74, 6) is -0.318. The van der Waals surface area contributed by atoms with Crippen molar-refractivity contribution < 1.29 is 18.4 Å². The smallest absolute Gasteiger partial charge is 0.266 e. The average Bonchev–Trinajstić information content (AvgIpc) is 2.69. The number of piperidine rings is 1. The van der Waals surface area contributed by atoms with Crippen LogP contribution in [0.5, 0.6) is 0 Å². The van der Waals surface area contributed by atoms with Crippen LogP contribution in [0.15, 0.2) is 30.3 Å². The van der Waals surface area contributed by atoms with E-state index in [1.54, 1.807) is 5.48 Å². The summed E-state index contributed by atoms with van der Waals surface area (Å²) in [7, 11) is -3.79. The van der Waals surface area contributed by atoms with E-state index < -0.39 is 20.7 Å². The minimum Gasteiger partial charge on any atom is -0.289 e. The van der Waals surface area contributed by atoms with Gasteiger partial charge in [-0.2, -0.15) is 0 Å². The molecule has 1 aromatic carbocycles. The highest BCUT2D eigenvalue weighted by molar-refractivity contribution is 7.91. The number of nitrogens with one attached hydrogen (secondary N) is 1. The number of carbonyl (C=O) groups is 1. The molecule has 2 aliphatic rings. The molecule has 0 radical (unpaired) electrons. The molecule has 6 nitrogen and oxygen atoms in total. The number of hydroxylamine groups is 1. The Kier molecular flexibility index (Phi) is 5.99. The van der Waals surface area contributed by atoms with Crippen LogP contribution in [-0.4, -0.2) is 41.7 Å². The van der Waals surface area contributed by atoms with Crippen molar-refractivity contribution in [2.24, 2.45) is 5.92 Å². The van der Waals surface area contributed by atoms with E-state index in [0.717, 1.165) is 25.7 Å². The van der Waals surface area contributed by atoms with Gasteiger partial charge in [-0.25, -0.2) is 18.2 Å². The van der Waals surface area contributed by atoms with Crippen LogP contribution in [-0.2, 0) is 21.2 Å². The molecule has 0 atom stereocenters. The number of rotatable bonds is 5. The van der Waals surface area contributed by atoms with Gasteiger partial charge in [0.15, 0.2) is 4.75 Å². The van der Waals surface area contributed by atoms with E-state index in [1.807, 2.05) is 18.2 Å². The lowest BCUT2D eigenvalue weighted by Gasteiger charge is -2.40. The molecule has 0 bridgehead atoms. The van der Waals surface area contributed by atoms with E-state index in [1.165, 1.54) is 9.87 Å². The summed E-state index contributed by atoms with van der Waals surface area (Å²) < 4.78 is 26.5. The standard InChI is InChI=1S/C19H28N2O4S/c22-18(20-23)19(11-5-2-6-12-19)26(24,25)21-13-9-17(10-14-21)15-16-7-3-1-4-8-16/h1,3-4,7-8,17,23H,2,5-6,9-15H2,(H,20,22). The first-order chi connectivity index (χ1) is 12.5. The predicted octanol–water partition coefficient (Wildman–Crippen LogP) is 2.48. The fourth-order valence-corrected chi connectivity index (χ4v) is 6.65. The first kappa shape index (κ1) is 19.3. The summed E-state index contributed by atoms with van der Waals surface area (Å²) in [5.41, 5.74) is 2.89. The van der Waals surface area contributed by atoms with E-state index >= 15 is 0 Å². The maximum absolute atomic E-state index is 13.3. The molecule has 1 saturated carbocycles. The minimum absolute atomic E-state index is 0.283. The Morgan fingerprint density at radius 1 is 1.12 bits per heavy atom. The molecule has 1 aliphatic heterocycles. The van der Waals surface area contributed by atoms with Crippen LogP contribution in [0.25, 0.3) is 0 Å². The molecule has 0 unspecified atom stereocenters. The molecule has 0 spiro atoms. The van der Waals surface area contributed by atoms with Crippen molar-refractivity contribution in [3.63, 3.8) is 0 Å². The number of benzene rings is 1. The summed E-state index contributed by atoms with van der Waals surface area (Å²) in [5, 5.41) is 9.14. The van der Waals surface area contributed by atoms with Crippen LogP contribution in [0.2, 0.25) is 0 Å². The third-order valence-corrected chi connectivity index (χ3v) is 8.58. The highest BCUT2D eigenvalue weighted by Gasteiger charge is 2.53. The summed E-state index contributed by atoms with van der Waals surface area (Å²) in [4.78, 5) is 12.3. The van der Waals surface area contributed by atoms with Crippen LogP contribution in [0.4, 0.5) is 0 Å². The van der Waals surface area contributed by atoms with Gasteiger partial charge in [0.1, 0.15) is 0 Å². The van der Waals surface area contributed by atoms with Crippen LogP contribution < -0.4 is 5.48 Å². The molecule has 26 heavy (non-hydrogen) atoms. The number of hydrogen-bond donors (Lipinski definition) is 2. The van der Waals surface area contributed by atoms with E-state index in [-0.39, 0.29) is 12.8 Å². The zero-order valence-corrected chi connectivity index (χ0v) is 15.9. The van der Waals surface area contributed by atoms with Crippen molar-refractivity contribution in [3.05, 3.63) is 35.9 Å². The first-order valence-electron chi connectivity index (χ1n) is 9.48. The number of carbonyl (C=O) groups excluding carboxylic acids is 1. The van der Waals surface area contributed by atoms with E-state index in [4.69, 9.17) is 5.21 Å². The lowest BCUT2D eigenvalue weighted by atomic mass is 9.88. The molecule has 1 amide bonds. The normalized spacial score (nSPS) is 22.0. The van der Waals surface area contributed by atoms with Crippen LogP contribution in [0.1, 0.15) is 50.5 Å². The highest BCUT2D eigenvalue weighted by Crippen LogP contribution is 2.39. The molecule has 1 heterocycles. The number of nitrogens with zero attached hydrogens (tertiary/aromatic N) is 1. The molecule has 7 heteroatoms. The summed E-state index contributed by atoms with van der Waals surface area (Å²) in [6.07, 6.45) is 5.42. The molecule has 2 fully saturated rings. The Hall–Kier alpha value is -1.44. The van der Waals surface area contributed by atoms with Crippen molar-refractivity contribution in [2.45, 2.75) is 56.1 Å². The van der Waals surface area contributed by atoms with Gasteiger partial charge in [-0.05, 0) is 43.6 Å². The predicted molar refractivity (Wildman–Crippen MR) is 99.1 cm³/mol. The maximum Gasteiger partial charge on any atom is 0.266 e. The van der Waals surface area contributed by atoms with Crippen LogP contribution in [0, 0.1) is 5.92 Å². The highest BCUT2D eigenvalue weighted by atomic mass is 32.2. The topological polar surface area (TPSA) is 86.7 Å². The first-order valence-corrected chi connectivity index (χ1v) is 10.9. The molecule has 0 aromatic heterocycles. The Morgan fingerprint density at radius 3 is 2.31 bits per heavy atom. The third kappa shape index (κ3) is 3.66. The van der Waals surface area contributed by atoms with Gasteiger partial charge in [0.2, 0.25) is 10.0 Å². The van der Waals surface area contributed by atoms with Crippen LogP contribution in [0.3, 0.4) is 0 Å². The number of sulfonamides is 1. The maximum atomic E-state index is 13.3. The second-order valence-corrected chi connectivity index (χ2v) is 9.78. The third-order valence-electron chi connectivity index (χ3n) is 5.95. The lowest BCUT2D eigenvalue weighted by Crippen LogP contribution is -2.59. The fourth-order valence-electron chi connectivity index (χ4n) is 4.38. The van der Waals surface area contributed by atoms with E-state index in [9.17, 15) is 13.2 Å². The minimum atomic E-state index is -3.79. The average molecular weight is 381 g/mol. The summed E-state index contributed by atoms with van der Waals surface area (Å²) >= 11 is 0. The van der Waals surface area contributed by atoms with Crippen molar-refractivity contribution in [1.29, 1.82) is 0 Å². The zero-order valence-electron chi connectivity index (χ0n) is 15.1. The molecule has 3 rings (SSSR count). The van der Waals surface area contributed by atoms with Gasteiger partial charge in [-0.3, -0.25) is 10.0 Å². The van der Waals surface area contributed by atoms with Crippen molar-refractivity contribution >= 4 is 15.9 Å². The van der Waals surface area contributed by atoms with Crippen molar-refractivity contribution in [3.8, 4) is 0 Å². The largest absolute Gasteiger partial charge is 0.289 e. The molecular weight excluding hydrogens is 352 g/mol. The quantitative estimate of drug-likeness (QED) is 0.607. The molecular formula is C19H28N2O4S. The van der Waals surface area contributed by atoms with Gasteiger partial charge in [0.25, 0.3) is 5.91 Å². The number of hydrogen-bond acceptors (Lipinski definition) is 4. The molecule has 1 aliphatic carbocycles. The van der Waals surface area contributed by atoms with Crippen molar-refractivity contribution in [1.82, 2.24) is 9.79 Å². The summed E-state index contributed by atoms with van der Waals surface area (Å²) in [6, 6.07) is 10.2.